The van der Waals surface area contributed by atoms with Gasteiger partial charge >= 0.3 is 0 Å². The van der Waals surface area contributed by atoms with Gasteiger partial charge in [-0.05, 0) is 64.2 Å². The molecule has 1 aromatic carbocycles. The minimum atomic E-state index is -3.44. The lowest BCUT2D eigenvalue weighted by Crippen LogP contribution is -2.30. The van der Waals surface area contributed by atoms with Gasteiger partial charge in [0.05, 0.1) is 11.0 Å². The molecule has 5 nitrogen and oxygen atoms in total. The summed E-state index contributed by atoms with van der Waals surface area (Å²) in [4.78, 5) is 2.54. The van der Waals surface area contributed by atoms with Crippen LogP contribution in [0.3, 0.4) is 0 Å². The molecule has 0 unspecified atom stereocenters. The van der Waals surface area contributed by atoms with Crippen molar-refractivity contribution < 1.29 is 13.2 Å². The van der Waals surface area contributed by atoms with Gasteiger partial charge in [-0.1, -0.05) is 13.8 Å². The Labute approximate surface area is 134 Å². The maximum Gasteiger partial charge on any atom is 0.240 e. The molecule has 0 radical (unpaired) electrons. The van der Waals surface area contributed by atoms with Gasteiger partial charge in [-0.25, -0.2) is 13.1 Å². The predicted molar refractivity (Wildman–Crippen MR) is 89.8 cm³/mol. The van der Waals surface area contributed by atoms with Crippen molar-refractivity contribution >= 4 is 10.0 Å². The van der Waals surface area contributed by atoms with E-state index in [1.807, 2.05) is 13.8 Å². The number of ether oxygens (including phenoxy) is 1. The first-order valence-electron chi connectivity index (χ1n) is 7.87. The van der Waals surface area contributed by atoms with Crippen molar-refractivity contribution in [2.45, 2.75) is 45.1 Å². The number of nitrogens with zero attached hydrogens (tertiary/aromatic N) is 1. The van der Waals surface area contributed by atoms with E-state index in [2.05, 4.69) is 23.5 Å². The number of hydrogen-bond acceptors (Lipinski definition) is 4. The molecule has 0 saturated heterocycles. The third kappa shape index (κ3) is 6.34. The lowest BCUT2D eigenvalue weighted by molar-refractivity contribution is 0.242. The first-order chi connectivity index (χ1) is 10.4. The molecule has 1 N–H and O–H groups in total. The Morgan fingerprint density at radius 3 is 2.23 bits per heavy atom. The minimum Gasteiger partial charge on any atom is -0.491 e. The zero-order valence-corrected chi connectivity index (χ0v) is 14.8. The third-order valence-corrected chi connectivity index (χ3v) is 4.82. The molecular weight excluding hydrogens is 300 g/mol. The van der Waals surface area contributed by atoms with E-state index >= 15 is 0 Å². The highest BCUT2D eigenvalue weighted by atomic mass is 32.2. The SMILES string of the molecule is CCN(CC)CCCNS(=O)(=O)c1ccc(OC(C)C)cc1. The maximum atomic E-state index is 12.2. The van der Waals surface area contributed by atoms with Crippen molar-refractivity contribution in [2.75, 3.05) is 26.2 Å². The molecule has 126 valence electrons. The second-order valence-electron chi connectivity index (χ2n) is 5.42. The number of sulfonamides is 1. The monoisotopic (exact) mass is 328 g/mol. The molecular formula is C16H28N2O3S. The Balaban J connectivity index is 2.52. The Bertz CT molecular complexity index is 523. The van der Waals surface area contributed by atoms with E-state index in [1.165, 1.54) is 0 Å². The largest absolute Gasteiger partial charge is 0.491 e. The lowest BCUT2D eigenvalue weighted by Gasteiger charge is -2.17. The lowest BCUT2D eigenvalue weighted by atomic mass is 10.3. The van der Waals surface area contributed by atoms with Crippen LogP contribution in [0.25, 0.3) is 0 Å². The Morgan fingerprint density at radius 1 is 1.14 bits per heavy atom. The number of hydrogen-bond donors (Lipinski definition) is 1. The van der Waals surface area contributed by atoms with E-state index in [1.54, 1.807) is 24.3 Å². The van der Waals surface area contributed by atoms with Gasteiger partial charge < -0.3 is 9.64 Å². The molecule has 1 rings (SSSR count). The highest BCUT2D eigenvalue weighted by Gasteiger charge is 2.13. The van der Waals surface area contributed by atoms with Crippen LogP contribution in [-0.4, -0.2) is 45.6 Å². The van der Waals surface area contributed by atoms with E-state index in [4.69, 9.17) is 4.74 Å². The third-order valence-electron chi connectivity index (χ3n) is 3.34. The van der Waals surface area contributed by atoms with E-state index in [9.17, 15) is 8.42 Å². The standard InChI is InChI=1S/C16H28N2O3S/c1-5-18(6-2)13-7-12-17-22(19,20)16-10-8-15(9-11-16)21-14(3)4/h8-11,14,17H,5-7,12-13H2,1-4H3. The highest BCUT2D eigenvalue weighted by molar-refractivity contribution is 7.89. The Morgan fingerprint density at radius 2 is 1.73 bits per heavy atom. The van der Waals surface area contributed by atoms with Gasteiger partial charge in [0.1, 0.15) is 5.75 Å². The van der Waals surface area contributed by atoms with Crippen LogP contribution in [0.5, 0.6) is 5.75 Å². The van der Waals surface area contributed by atoms with Crippen molar-refractivity contribution in [1.29, 1.82) is 0 Å². The van der Waals surface area contributed by atoms with Gasteiger partial charge in [-0.15, -0.1) is 0 Å². The fraction of sp³-hybridized carbons (Fsp3) is 0.625. The van der Waals surface area contributed by atoms with Crippen LogP contribution in [0.2, 0.25) is 0 Å². The average molecular weight is 328 g/mol. The molecule has 0 aliphatic carbocycles. The molecule has 0 heterocycles. The van der Waals surface area contributed by atoms with Crippen LogP contribution in [0.15, 0.2) is 29.2 Å². The molecule has 0 saturated carbocycles. The molecule has 0 aliphatic rings. The normalized spacial score (nSPS) is 12.1. The predicted octanol–water partition coefficient (Wildman–Crippen LogP) is 2.48. The zero-order chi connectivity index (χ0) is 16.6. The second kappa shape index (κ2) is 9.12. The summed E-state index contributed by atoms with van der Waals surface area (Å²) in [6, 6.07) is 6.52. The fourth-order valence-electron chi connectivity index (χ4n) is 2.10. The smallest absolute Gasteiger partial charge is 0.240 e. The quantitative estimate of drug-likeness (QED) is 0.670. The molecule has 0 spiro atoms. The Hall–Kier alpha value is -1.11. The Kier molecular flexibility index (Phi) is 7.85. The molecule has 0 aromatic heterocycles. The average Bonchev–Trinajstić information content (AvgIpc) is 2.47. The highest BCUT2D eigenvalue weighted by Crippen LogP contribution is 2.16. The van der Waals surface area contributed by atoms with Crippen molar-refractivity contribution in [1.82, 2.24) is 9.62 Å². The van der Waals surface area contributed by atoms with Gasteiger partial charge in [-0.3, -0.25) is 0 Å². The molecule has 1 aromatic rings. The summed E-state index contributed by atoms with van der Waals surface area (Å²) in [5, 5.41) is 0. The maximum absolute atomic E-state index is 12.2. The van der Waals surface area contributed by atoms with E-state index in [0.29, 0.717) is 12.3 Å². The molecule has 0 fully saturated rings. The van der Waals surface area contributed by atoms with Gasteiger partial charge in [0.15, 0.2) is 0 Å². The summed E-state index contributed by atoms with van der Waals surface area (Å²) in [5.74, 6) is 0.676. The number of rotatable bonds is 10. The second-order valence-corrected chi connectivity index (χ2v) is 7.18. The molecule has 0 atom stereocenters. The summed E-state index contributed by atoms with van der Waals surface area (Å²) in [6.45, 7) is 11.4. The van der Waals surface area contributed by atoms with Gasteiger partial charge in [-0.2, -0.15) is 0 Å². The van der Waals surface area contributed by atoms with E-state index in [-0.39, 0.29) is 11.0 Å². The summed E-state index contributed by atoms with van der Waals surface area (Å²) >= 11 is 0. The van der Waals surface area contributed by atoms with E-state index in [0.717, 1.165) is 26.1 Å². The van der Waals surface area contributed by atoms with E-state index < -0.39 is 10.0 Å². The van der Waals surface area contributed by atoms with Gasteiger partial charge in [0, 0.05) is 6.54 Å². The molecule has 22 heavy (non-hydrogen) atoms. The first kappa shape index (κ1) is 18.9. The van der Waals surface area contributed by atoms with Crippen LogP contribution in [0.1, 0.15) is 34.1 Å². The summed E-state index contributed by atoms with van der Waals surface area (Å²) < 4.78 is 32.5. The zero-order valence-electron chi connectivity index (χ0n) is 14.0. The number of nitrogens with one attached hydrogen (secondary N) is 1. The molecule has 0 amide bonds. The van der Waals surface area contributed by atoms with Crippen LogP contribution in [-0.2, 0) is 10.0 Å². The summed E-state index contributed by atoms with van der Waals surface area (Å²) in [7, 11) is -3.44. The van der Waals surface area contributed by atoms with Crippen molar-refractivity contribution in [3.8, 4) is 5.75 Å². The molecule has 6 heteroatoms. The van der Waals surface area contributed by atoms with Crippen molar-refractivity contribution in [3.63, 3.8) is 0 Å². The van der Waals surface area contributed by atoms with Crippen LogP contribution in [0, 0.1) is 0 Å². The van der Waals surface area contributed by atoms with Crippen LogP contribution in [0.4, 0.5) is 0 Å². The molecule has 0 bridgehead atoms. The van der Waals surface area contributed by atoms with Crippen LogP contribution >= 0.6 is 0 Å². The topological polar surface area (TPSA) is 58.6 Å². The summed E-state index contributed by atoms with van der Waals surface area (Å²) in [6.07, 6.45) is 0.871. The van der Waals surface area contributed by atoms with Crippen molar-refractivity contribution in [2.24, 2.45) is 0 Å². The first-order valence-corrected chi connectivity index (χ1v) is 9.36. The van der Waals surface area contributed by atoms with Gasteiger partial charge in [0.25, 0.3) is 0 Å². The van der Waals surface area contributed by atoms with Crippen molar-refractivity contribution in [3.05, 3.63) is 24.3 Å². The van der Waals surface area contributed by atoms with Crippen LogP contribution < -0.4 is 9.46 Å². The van der Waals surface area contributed by atoms with Gasteiger partial charge in [0.2, 0.25) is 10.0 Å². The summed E-state index contributed by atoms with van der Waals surface area (Å²) in [5.41, 5.74) is 0. The molecule has 0 aliphatic heterocycles. The number of benzene rings is 1. The fourth-order valence-corrected chi connectivity index (χ4v) is 3.18. The minimum absolute atomic E-state index is 0.0701.